The van der Waals surface area contributed by atoms with Crippen molar-refractivity contribution in [2.24, 2.45) is 17.8 Å². The fourth-order valence-electron chi connectivity index (χ4n) is 3.28. The second kappa shape index (κ2) is 5.60. The molecule has 1 N–H and O–H groups in total. The molecule has 1 saturated carbocycles. The normalized spacial score (nSPS) is 29.2. The first-order valence-electron chi connectivity index (χ1n) is 7.51. The average Bonchev–Trinajstić information content (AvgIpc) is 2.89. The van der Waals surface area contributed by atoms with E-state index in [1.54, 1.807) is 0 Å². The Morgan fingerprint density at radius 3 is 2.44 bits per heavy atom. The minimum absolute atomic E-state index is 0.0845. The zero-order valence-corrected chi connectivity index (χ0v) is 12.3. The number of likely N-dealkylation sites (tertiary alicyclic amines) is 1. The molecule has 2 rings (SSSR count). The first-order chi connectivity index (χ1) is 8.47. The molecule has 1 amide bonds. The van der Waals surface area contributed by atoms with Crippen molar-refractivity contribution in [2.45, 2.75) is 59.0 Å². The van der Waals surface area contributed by atoms with Crippen LogP contribution in [0, 0.1) is 17.8 Å². The summed E-state index contributed by atoms with van der Waals surface area (Å²) in [7, 11) is 0. The van der Waals surface area contributed by atoms with Gasteiger partial charge in [-0.2, -0.15) is 0 Å². The predicted octanol–water partition coefficient (Wildman–Crippen LogP) is 2.27. The zero-order valence-electron chi connectivity index (χ0n) is 12.3. The van der Waals surface area contributed by atoms with Crippen LogP contribution in [0.25, 0.3) is 0 Å². The molecule has 2 fully saturated rings. The third-order valence-corrected chi connectivity index (χ3v) is 4.61. The highest BCUT2D eigenvalue weighted by atomic mass is 16.1. The van der Waals surface area contributed by atoms with E-state index in [4.69, 9.17) is 0 Å². The second-order valence-corrected chi connectivity index (χ2v) is 6.80. The molecular formula is C15H28N2O. The van der Waals surface area contributed by atoms with Crippen LogP contribution in [0.2, 0.25) is 0 Å². The Hall–Kier alpha value is -0.570. The molecule has 18 heavy (non-hydrogen) atoms. The number of carbonyl (C=O) groups excluding carboxylic acids is 1. The third kappa shape index (κ3) is 3.05. The van der Waals surface area contributed by atoms with Crippen LogP contribution in [0.15, 0.2) is 0 Å². The van der Waals surface area contributed by atoms with Gasteiger partial charge in [0.25, 0.3) is 0 Å². The largest absolute Gasteiger partial charge is 0.352 e. The molecule has 3 atom stereocenters. The second-order valence-electron chi connectivity index (χ2n) is 6.80. The topological polar surface area (TPSA) is 32.3 Å². The molecule has 0 aromatic carbocycles. The molecule has 1 heterocycles. The lowest BCUT2D eigenvalue weighted by Crippen LogP contribution is -2.49. The van der Waals surface area contributed by atoms with E-state index in [2.05, 4.69) is 24.1 Å². The predicted molar refractivity (Wildman–Crippen MR) is 74.3 cm³/mol. The number of fused-ring (bicyclic) bond motifs is 2. The zero-order chi connectivity index (χ0) is 13.3. The first-order valence-corrected chi connectivity index (χ1v) is 7.51. The van der Waals surface area contributed by atoms with Crippen molar-refractivity contribution in [2.75, 3.05) is 13.1 Å². The molecule has 2 aliphatic rings. The standard InChI is InChI=1S/C15H28N2O/c1-10(2)14(16-15(18)11(3)4)9-17-8-12-5-6-13(17)7-12/h10-14H,5-9H2,1-4H3,(H,16,18)/t12-,13+,14-/m0/s1. The van der Waals surface area contributed by atoms with Gasteiger partial charge in [-0.3, -0.25) is 9.69 Å². The minimum Gasteiger partial charge on any atom is -0.352 e. The number of rotatable bonds is 5. The van der Waals surface area contributed by atoms with Crippen molar-refractivity contribution >= 4 is 5.91 Å². The van der Waals surface area contributed by atoms with Crippen LogP contribution in [0.1, 0.15) is 47.0 Å². The maximum absolute atomic E-state index is 11.9. The number of nitrogens with one attached hydrogen (secondary N) is 1. The van der Waals surface area contributed by atoms with Crippen molar-refractivity contribution in [3.63, 3.8) is 0 Å². The Bertz CT molecular complexity index is 301. The van der Waals surface area contributed by atoms with E-state index in [-0.39, 0.29) is 11.8 Å². The van der Waals surface area contributed by atoms with Gasteiger partial charge in [0.2, 0.25) is 5.91 Å². The Morgan fingerprint density at radius 2 is 2.00 bits per heavy atom. The average molecular weight is 252 g/mol. The molecule has 2 bridgehead atoms. The van der Waals surface area contributed by atoms with Gasteiger partial charge in [-0.05, 0) is 31.1 Å². The Morgan fingerprint density at radius 1 is 1.28 bits per heavy atom. The Labute approximate surface area is 111 Å². The van der Waals surface area contributed by atoms with Gasteiger partial charge in [0, 0.05) is 31.1 Å². The quantitative estimate of drug-likeness (QED) is 0.814. The molecule has 1 aliphatic heterocycles. The minimum atomic E-state index is 0.0845. The lowest BCUT2D eigenvalue weighted by molar-refractivity contribution is -0.125. The number of hydrogen-bond acceptors (Lipinski definition) is 2. The Kier molecular flexibility index (Phi) is 4.31. The van der Waals surface area contributed by atoms with Crippen LogP contribution in [-0.4, -0.2) is 36.0 Å². The van der Waals surface area contributed by atoms with Gasteiger partial charge in [0.15, 0.2) is 0 Å². The Balaban J connectivity index is 1.88. The van der Waals surface area contributed by atoms with E-state index in [0.29, 0.717) is 12.0 Å². The molecule has 1 saturated heterocycles. The van der Waals surface area contributed by atoms with Crippen LogP contribution in [-0.2, 0) is 4.79 Å². The molecule has 0 unspecified atom stereocenters. The molecule has 0 spiro atoms. The van der Waals surface area contributed by atoms with Crippen LogP contribution < -0.4 is 5.32 Å². The maximum Gasteiger partial charge on any atom is 0.222 e. The van der Waals surface area contributed by atoms with E-state index in [0.717, 1.165) is 18.5 Å². The van der Waals surface area contributed by atoms with Crippen molar-refractivity contribution in [3.05, 3.63) is 0 Å². The molecular weight excluding hydrogens is 224 g/mol. The summed E-state index contributed by atoms with van der Waals surface area (Å²) < 4.78 is 0. The SMILES string of the molecule is CC(C)C(=O)N[C@@H](CN1C[C@H]2CC[C@@H]1C2)C(C)C. The summed E-state index contributed by atoms with van der Waals surface area (Å²) in [4.78, 5) is 14.5. The lowest BCUT2D eigenvalue weighted by Gasteiger charge is -2.33. The van der Waals surface area contributed by atoms with Gasteiger partial charge >= 0.3 is 0 Å². The van der Waals surface area contributed by atoms with E-state index in [1.165, 1.54) is 25.8 Å². The fourth-order valence-corrected chi connectivity index (χ4v) is 3.28. The van der Waals surface area contributed by atoms with Crippen LogP contribution in [0.4, 0.5) is 0 Å². The number of nitrogens with zero attached hydrogens (tertiary/aromatic N) is 1. The number of piperidine rings is 1. The van der Waals surface area contributed by atoms with Gasteiger partial charge in [-0.15, -0.1) is 0 Å². The van der Waals surface area contributed by atoms with E-state index in [9.17, 15) is 4.79 Å². The summed E-state index contributed by atoms with van der Waals surface area (Å²) in [6, 6.07) is 1.10. The van der Waals surface area contributed by atoms with Gasteiger partial charge in [0.1, 0.15) is 0 Å². The highest BCUT2D eigenvalue weighted by Gasteiger charge is 2.38. The summed E-state index contributed by atoms with van der Waals surface area (Å²) in [6.07, 6.45) is 4.18. The summed E-state index contributed by atoms with van der Waals surface area (Å²) in [5.41, 5.74) is 0. The first kappa shape index (κ1) is 13.9. The molecule has 0 aromatic heterocycles. The molecule has 0 radical (unpaired) electrons. The summed E-state index contributed by atoms with van der Waals surface area (Å²) >= 11 is 0. The number of carbonyl (C=O) groups is 1. The smallest absolute Gasteiger partial charge is 0.222 e. The van der Waals surface area contributed by atoms with Crippen molar-refractivity contribution < 1.29 is 4.79 Å². The highest BCUT2D eigenvalue weighted by Crippen LogP contribution is 2.37. The van der Waals surface area contributed by atoms with E-state index in [1.807, 2.05) is 13.8 Å². The van der Waals surface area contributed by atoms with E-state index < -0.39 is 0 Å². The highest BCUT2D eigenvalue weighted by molar-refractivity contribution is 5.78. The van der Waals surface area contributed by atoms with Crippen LogP contribution in [0.5, 0.6) is 0 Å². The van der Waals surface area contributed by atoms with Crippen molar-refractivity contribution in [1.82, 2.24) is 10.2 Å². The van der Waals surface area contributed by atoms with Gasteiger partial charge in [0.05, 0.1) is 0 Å². The van der Waals surface area contributed by atoms with Crippen molar-refractivity contribution in [1.29, 1.82) is 0 Å². The van der Waals surface area contributed by atoms with Gasteiger partial charge in [-0.25, -0.2) is 0 Å². The molecule has 0 aromatic rings. The van der Waals surface area contributed by atoms with Crippen LogP contribution in [0.3, 0.4) is 0 Å². The molecule has 3 heteroatoms. The summed E-state index contributed by atoms with van der Waals surface area (Å²) in [5, 5.41) is 3.22. The fraction of sp³-hybridized carbons (Fsp3) is 0.933. The summed E-state index contributed by atoms with van der Waals surface area (Å²) in [5.74, 6) is 1.72. The monoisotopic (exact) mass is 252 g/mol. The van der Waals surface area contributed by atoms with Gasteiger partial charge < -0.3 is 5.32 Å². The third-order valence-electron chi connectivity index (χ3n) is 4.61. The van der Waals surface area contributed by atoms with Gasteiger partial charge in [-0.1, -0.05) is 27.7 Å². The van der Waals surface area contributed by atoms with E-state index >= 15 is 0 Å². The van der Waals surface area contributed by atoms with Crippen molar-refractivity contribution in [3.8, 4) is 0 Å². The summed E-state index contributed by atoms with van der Waals surface area (Å²) in [6.45, 7) is 10.6. The lowest BCUT2D eigenvalue weighted by atomic mass is 10.0. The molecule has 104 valence electrons. The number of hydrogen-bond donors (Lipinski definition) is 1. The van der Waals surface area contributed by atoms with Crippen LogP contribution >= 0.6 is 0 Å². The molecule has 3 nitrogen and oxygen atoms in total. The number of amides is 1. The molecule has 1 aliphatic carbocycles. The maximum atomic E-state index is 11.9.